The molecular weight excluding hydrogens is 444 g/mol. The quantitative estimate of drug-likeness (QED) is 0.418. The van der Waals surface area contributed by atoms with E-state index in [0.717, 1.165) is 5.01 Å². The second-order valence-corrected chi connectivity index (χ2v) is 8.01. The van der Waals surface area contributed by atoms with Gasteiger partial charge >= 0.3 is 5.97 Å². The lowest BCUT2D eigenvalue weighted by Gasteiger charge is -2.08. The van der Waals surface area contributed by atoms with Crippen molar-refractivity contribution >= 4 is 33.9 Å². The largest absolute Gasteiger partial charge is 0.497 e. The first-order chi connectivity index (χ1) is 16.0. The van der Waals surface area contributed by atoms with Gasteiger partial charge in [0.25, 0.3) is 11.5 Å². The average molecular weight is 465 g/mol. The summed E-state index contributed by atoms with van der Waals surface area (Å²) >= 11 is 1.32. The number of carbonyl (C=O) groups is 2. The summed E-state index contributed by atoms with van der Waals surface area (Å²) < 4.78 is 11.7. The van der Waals surface area contributed by atoms with Gasteiger partial charge in [-0.15, -0.1) is 0 Å². The van der Waals surface area contributed by atoms with Crippen LogP contribution in [0.3, 0.4) is 0 Å². The van der Waals surface area contributed by atoms with Crippen LogP contribution >= 0.6 is 11.3 Å². The number of aryl methyl sites for hydroxylation is 1. The van der Waals surface area contributed by atoms with Crippen LogP contribution in [-0.4, -0.2) is 33.6 Å². The van der Waals surface area contributed by atoms with Crippen LogP contribution in [0.1, 0.15) is 38.3 Å². The highest BCUT2D eigenvalue weighted by atomic mass is 32.1. The van der Waals surface area contributed by atoms with Crippen LogP contribution in [0.15, 0.2) is 59.4 Å². The fraction of sp³-hybridized carbons (Fsp3) is 0.174. The van der Waals surface area contributed by atoms with E-state index < -0.39 is 5.97 Å². The summed E-state index contributed by atoms with van der Waals surface area (Å²) in [5.74, 6) is -0.286. The van der Waals surface area contributed by atoms with Gasteiger partial charge in [-0.3, -0.25) is 9.59 Å². The van der Waals surface area contributed by atoms with Gasteiger partial charge in [-0.2, -0.15) is 9.61 Å². The Hall–Kier alpha value is -4.05. The van der Waals surface area contributed by atoms with Crippen LogP contribution in [0.4, 0.5) is 5.69 Å². The lowest BCUT2D eigenvalue weighted by atomic mass is 10.1. The second-order valence-electron chi connectivity index (χ2n) is 6.97. The Kier molecular flexibility index (Phi) is 6.45. The molecule has 0 unspecified atom stereocenters. The molecule has 1 N–H and O–H groups in total. The van der Waals surface area contributed by atoms with Crippen molar-refractivity contribution in [1.29, 1.82) is 0 Å². The van der Waals surface area contributed by atoms with Gasteiger partial charge in [0.1, 0.15) is 17.4 Å². The van der Waals surface area contributed by atoms with Crippen molar-refractivity contribution in [1.82, 2.24) is 14.6 Å². The molecule has 0 aliphatic rings. The Balaban J connectivity index is 1.38. The van der Waals surface area contributed by atoms with Crippen molar-refractivity contribution in [2.45, 2.75) is 20.0 Å². The van der Waals surface area contributed by atoms with Gasteiger partial charge in [0, 0.05) is 17.3 Å². The fourth-order valence-electron chi connectivity index (χ4n) is 2.99. The van der Waals surface area contributed by atoms with Gasteiger partial charge in [-0.05, 0) is 48.9 Å². The molecule has 0 fully saturated rings. The van der Waals surface area contributed by atoms with Crippen LogP contribution in [-0.2, 0) is 17.8 Å². The van der Waals surface area contributed by atoms with Crippen molar-refractivity contribution in [2.75, 3.05) is 12.4 Å². The standard InChI is InChI=1S/C23H20N4O5S/c1-3-19-26-27-20(28)12-17(25-23(27)33-19)13-32-22(30)14-7-9-16(10-8-14)24-21(29)15-5-4-6-18(11-15)31-2/h4-12H,3,13H2,1-2H3,(H,24,29). The Morgan fingerprint density at radius 1 is 1.09 bits per heavy atom. The van der Waals surface area contributed by atoms with Gasteiger partial charge in [0.15, 0.2) is 0 Å². The third-order valence-electron chi connectivity index (χ3n) is 4.70. The molecule has 0 bridgehead atoms. The predicted molar refractivity (Wildman–Crippen MR) is 123 cm³/mol. The molecular formula is C23H20N4O5S. The lowest BCUT2D eigenvalue weighted by molar-refractivity contribution is 0.0467. The van der Waals surface area contributed by atoms with E-state index in [-0.39, 0.29) is 18.1 Å². The Labute approximate surface area is 192 Å². The molecule has 0 saturated heterocycles. The minimum absolute atomic E-state index is 0.141. The van der Waals surface area contributed by atoms with Crippen LogP contribution in [0.5, 0.6) is 5.75 Å². The third-order valence-corrected chi connectivity index (χ3v) is 5.76. The molecule has 0 aliphatic carbocycles. The summed E-state index contributed by atoms with van der Waals surface area (Å²) in [5, 5.41) is 7.75. The van der Waals surface area contributed by atoms with Crippen molar-refractivity contribution in [3.8, 4) is 5.75 Å². The minimum Gasteiger partial charge on any atom is -0.497 e. The number of nitrogens with zero attached hydrogens (tertiary/aromatic N) is 3. The number of rotatable bonds is 7. The Bertz CT molecular complexity index is 1380. The predicted octanol–water partition coefficient (Wildman–Crippen LogP) is 3.33. The second kappa shape index (κ2) is 9.61. The van der Waals surface area contributed by atoms with Gasteiger partial charge in [0.2, 0.25) is 4.96 Å². The summed E-state index contributed by atoms with van der Waals surface area (Å²) in [7, 11) is 1.53. The maximum absolute atomic E-state index is 12.4. The lowest BCUT2D eigenvalue weighted by Crippen LogP contribution is -2.16. The third kappa shape index (κ3) is 5.07. The molecule has 4 aromatic rings. The molecule has 4 rings (SSSR count). The molecule has 2 heterocycles. The number of anilines is 1. The van der Waals surface area contributed by atoms with E-state index in [9.17, 15) is 14.4 Å². The van der Waals surface area contributed by atoms with Crippen molar-refractivity contribution in [3.63, 3.8) is 0 Å². The van der Waals surface area contributed by atoms with Crippen molar-refractivity contribution in [3.05, 3.63) is 86.8 Å². The SMILES string of the molecule is CCc1nn2c(=O)cc(COC(=O)c3ccc(NC(=O)c4cccc(OC)c4)cc3)nc2s1. The van der Waals surface area contributed by atoms with Crippen molar-refractivity contribution < 1.29 is 19.1 Å². The molecule has 0 radical (unpaired) electrons. The number of fused-ring (bicyclic) bond motifs is 1. The number of hydrogen-bond donors (Lipinski definition) is 1. The van der Waals surface area contributed by atoms with Gasteiger partial charge in [-0.25, -0.2) is 9.78 Å². The van der Waals surface area contributed by atoms with Crippen LogP contribution in [0, 0.1) is 0 Å². The zero-order valence-electron chi connectivity index (χ0n) is 17.9. The Morgan fingerprint density at radius 2 is 1.88 bits per heavy atom. The molecule has 1 amide bonds. The first-order valence-electron chi connectivity index (χ1n) is 10.1. The maximum Gasteiger partial charge on any atom is 0.338 e. The number of esters is 1. The normalized spacial score (nSPS) is 10.7. The number of amides is 1. The number of hydrogen-bond acceptors (Lipinski definition) is 8. The summed E-state index contributed by atoms with van der Waals surface area (Å²) in [6.45, 7) is 1.80. The zero-order valence-corrected chi connectivity index (χ0v) is 18.7. The monoisotopic (exact) mass is 464 g/mol. The van der Waals surface area contributed by atoms with E-state index >= 15 is 0 Å². The van der Waals surface area contributed by atoms with Gasteiger partial charge in [0.05, 0.1) is 18.4 Å². The molecule has 9 nitrogen and oxygen atoms in total. The van der Waals surface area contributed by atoms with E-state index in [1.165, 1.54) is 29.0 Å². The van der Waals surface area contributed by atoms with Crippen LogP contribution in [0.2, 0.25) is 0 Å². The van der Waals surface area contributed by atoms with Crippen LogP contribution < -0.4 is 15.6 Å². The smallest absolute Gasteiger partial charge is 0.338 e. The Morgan fingerprint density at radius 3 is 2.61 bits per heavy atom. The molecule has 33 heavy (non-hydrogen) atoms. The summed E-state index contributed by atoms with van der Waals surface area (Å²) in [6, 6.07) is 14.4. The highest BCUT2D eigenvalue weighted by Crippen LogP contribution is 2.16. The first-order valence-corrected chi connectivity index (χ1v) is 10.9. The number of benzene rings is 2. The average Bonchev–Trinajstić information content (AvgIpc) is 3.27. The molecule has 168 valence electrons. The summed E-state index contributed by atoms with van der Waals surface area (Å²) in [4.78, 5) is 41.8. The molecule has 0 spiro atoms. The van der Waals surface area contributed by atoms with E-state index in [1.54, 1.807) is 48.5 Å². The molecule has 10 heteroatoms. The van der Waals surface area contributed by atoms with Gasteiger partial charge in [-0.1, -0.05) is 24.3 Å². The minimum atomic E-state index is -0.568. The molecule has 2 aromatic carbocycles. The first kappa shape index (κ1) is 22.2. The van der Waals surface area contributed by atoms with Crippen molar-refractivity contribution in [2.24, 2.45) is 0 Å². The highest BCUT2D eigenvalue weighted by Gasteiger charge is 2.12. The number of carbonyl (C=O) groups excluding carboxylic acids is 2. The molecule has 2 aromatic heterocycles. The zero-order chi connectivity index (χ0) is 23.4. The molecule has 0 atom stereocenters. The number of aromatic nitrogens is 3. The van der Waals surface area contributed by atoms with E-state index in [2.05, 4.69) is 15.4 Å². The maximum atomic E-state index is 12.4. The number of nitrogens with one attached hydrogen (secondary N) is 1. The summed E-state index contributed by atoms with van der Waals surface area (Å²) in [5.41, 5.74) is 1.31. The van der Waals surface area contributed by atoms with E-state index in [1.807, 2.05) is 6.92 Å². The van der Waals surface area contributed by atoms with E-state index in [0.29, 0.717) is 39.6 Å². The molecule has 0 saturated carbocycles. The highest BCUT2D eigenvalue weighted by molar-refractivity contribution is 7.16. The van der Waals surface area contributed by atoms with Gasteiger partial charge < -0.3 is 14.8 Å². The topological polar surface area (TPSA) is 112 Å². The van der Waals surface area contributed by atoms with Crippen LogP contribution in [0.25, 0.3) is 4.96 Å². The number of methoxy groups -OCH3 is 1. The molecule has 0 aliphatic heterocycles. The fourth-order valence-corrected chi connectivity index (χ4v) is 3.85. The van der Waals surface area contributed by atoms with E-state index in [4.69, 9.17) is 9.47 Å². The summed E-state index contributed by atoms with van der Waals surface area (Å²) in [6.07, 6.45) is 0.702. The number of ether oxygens (including phenoxy) is 2.